The second-order valence-electron chi connectivity index (χ2n) is 5.85. The van der Waals surface area contributed by atoms with E-state index in [9.17, 15) is 0 Å². The number of ether oxygens (including phenoxy) is 2. The molecule has 2 rings (SSSR count). The maximum absolute atomic E-state index is 5.93. The number of methoxy groups -OCH3 is 2. The van der Waals surface area contributed by atoms with Crippen LogP contribution in [0.2, 0.25) is 12.6 Å². The van der Waals surface area contributed by atoms with Crippen molar-refractivity contribution >= 4 is 6.92 Å². The van der Waals surface area contributed by atoms with E-state index >= 15 is 0 Å². The minimum atomic E-state index is 0.291. The van der Waals surface area contributed by atoms with Gasteiger partial charge < -0.3 is 14.1 Å². The third-order valence-corrected chi connectivity index (χ3v) is 4.23. The molecule has 24 heavy (non-hydrogen) atoms. The van der Waals surface area contributed by atoms with Gasteiger partial charge in [-0.3, -0.25) is 0 Å². The summed E-state index contributed by atoms with van der Waals surface area (Å²) in [5.41, 5.74) is 2.65. The van der Waals surface area contributed by atoms with E-state index in [1.165, 1.54) is 11.1 Å². The van der Waals surface area contributed by atoms with Gasteiger partial charge in [0.2, 0.25) is 0 Å². The molecule has 0 aliphatic heterocycles. The van der Waals surface area contributed by atoms with Crippen LogP contribution >= 0.6 is 0 Å². The molecule has 0 heterocycles. The van der Waals surface area contributed by atoms with Crippen molar-refractivity contribution in [3.63, 3.8) is 0 Å². The second-order valence-corrected chi connectivity index (χ2v) is 5.85. The molecule has 0 fully saturated rings. The smallest absolute Gasteiger partial charge is 0.293 e. The average molecular weight is 326 g/mol. The van der Waals surface area contributed by atoms with Gasteiger partial charge in [-0.1, -0.05) is 24.3 Å². The zero-order chi connectivity index (χ0) is 17.2. The van der Waals surface area contributed by atoms with Gasteiger partial charge in [-0.2, -0.15) is 0 Å². The summed E-state index contributed by atoms with van der Waals surface area (Å²) in [6.45, 7) is 3.11. The molecule has 0 aliphatic rings. The fourth-order valence-electron chi connectivity index (χ4n) is 2.79. The third-order valence-electron chi connectivity index (χ3n) is 4.23. The Labute approximate surface area is 146 Å². The Morgan fingerprint density at radius 3 is 1.46 bits per heavy atom. The first-order valence-corrected chi connectivity index (χ1v) is 8.62. The van der Waals surface area contributed by atoms with Crippen molar-refractivity contribution in [2.45, 2.75) is 32.4 Å². The molecule has 0 N–H and O–H groups in total. The molecule has 0 radical (unpaired) electrons. The van der Waals surface area contributed by atoms with Crippen molar-refractivity contribution in [1.82, 2.24) is 0 Å². The van der Waals surface area contributed by atoms with Crippen LogP contribution < -0.4 is 9.47 Å². The number of rotatable bonds is 10. The molecule has 2 aromatic carbocycles. The highest BCUT2D eigenvalue weighted by Crippen LogP contribution is 2.17. The van der Waals surface area contributed by atoms with E-state index in [1.807, 2.05) is 24.3 Å². The van der Waals surface area contributed by atoms with E-state index in [0.29, 0.717) is 6.92 Å². The maximum atomic E-state index is 5.93. The molecule has 0 amide bonds. The Morgan fingerprint density at radius 2 is 1.12 bits per heavy atom. The molecule has 2 aromatic rings. The predicted octanol–water partition coefficient (Wildman–Crippen LogP) is 4.52. The number of aryl methyl sites for hydroxylation is 2. The van der Waals surface area contributed by atoms with E-state index in [2.05, 4.69) is 31.2 Å². The van der Waals surface area contributed by atoms with Gasteiger partial charge in [0.25, 0.3) is 6.92 Å². The second kappa shape index (κ2) is 10.0. The standard InChI is InChI=1S/C20H27BO3/c1-4-24-21(15-13-17-5-9-19(22-2)10-6-17)16-14-18-7-11-20(23-3)12-8-18/h5-12H,4,13-16H2,1-3H3. The van der Waals surface area contributed by atoms with Crippen LogP contribution in [0.5, 0.6) is 11.5 Å². The van der Waals surface area contributed by atoms with Gasteiger partial charge in [0.1, 0.15) is 11.5 Å². The molecule has 0 spiro atoms. The summed E-state index contributed by atoms with van der Waals surface area (Å²) in [4.78, 5) is 0. The molecular weight excluding hydrogens is 299 g/mol. The molecule has 0 aromatic heterocycles. The van der Waals surface area contributed by atoms with Gasteiger partial charge in [0.15, 0.2) is 0 Å². The summed E-state index contributed by atoms with van der Waals surface area (Å²) in [7, 11) is 3.39. The normalized spacial score (nSPS) is 10.5. The zero-order valence-corrected chi connectivity index (χ0v) is 15.0. The zero-order valence-electron chi connectivity index (χ0n) is 15.0. The Hall–Kier alpha value is -1.94. The summed E-state index contributed by atoms with van der Waals surface area (Å²) in [5.74, 6) is 1.80. The molecule has 0 saturated carbocycles. The Balaban J connectivity index is 1.83. The Morgan fingerprint density at radius 1 is 0.708 bits per heavy atom. The monoisotopic (exact) mass is 326 g/mol. The molecule has 0 saturated heterocycles. The van der Waals surface area contributed by atoms with Crippen LogP contribution in [-0.4, -0.2) is 27.7 Å². The first-order chi connectivity index (χ1) is 11.7. The van der Waals surface area contributed by atoms with Crippen LogP contribution in [-0.2, 0) is 17.5 Å². The molecular formula is C20H27BO3. The van der Waals surface area contributed by atoms with Crippen molar-refractivity contribution in [3.8, 4) is 11.5 Å². The van der Waals surface area contributed by atoms with Crippen LogP contribution in [0.1, 0.15) is 18.1 Å². The van der Waals surface area contributed by atoms with E-state index < -0.39 is 0 Å². The van der Waals surface area contributed by atoms with Crippen LogP contribution in [0.3, 0.4) is 0 Å². The van der Waals surface area contributed by atoms with Gasteiger partial charge in [-0.05, 0) is 67.8 Å². The molecule has 0 atom stereocenters. The molecule has 4 heteroatoms. The highest BCUT2D eigenvalue weighted by atomic mass is 16.5. The van der Waals surface area contributed by atoms with Crippen molar-refractivity contribution < 1.29 is 14.1 Å². The summed E-state index contributed by atoms with van der Waals surface area (Å²) >= 11 is 0. The summed E-state index contributed by atoms with van der Waals surface area (Å²) in [6.07, 6.45) is 4.13. The quantitative estimate of drug-likeness (QED) is 0.601. The van der Waals surface area contributed by atoms with Crippen LogP contribution in [0, 0.1) is 0 Å². The molecule has 3 nitrogen and oxygen atoms in total. The fraction of sp³-hybridized carbons (Fsp3) is 0.400. The molecule has 0 bridgehead atoms. The maximum Gasteiger partial charge on any atom is 0.293 e. The SMILES string of the molecule is CCOB(CCc1ccc(OC)cc1)CCc1ccc(OC)cc1. The number of hydrogen-bond acceptors (Lipinski definition) is 3. The topological polar surface area (TPSA) is 27.7 Å². The van der Waals surface area contributed by atoms with Gasteiger partial charge in [-0.15, -0.1) is 0 Å². The number of hydrogen-bond donors (Lipinski definition) is 0. The van der Waals surface area contributed by atoms with Crippen LogP contribution in [0.15, 0.2) is 48.5 Å². The van der Waals surface area contributed by atoms with Gasteiger partial charge >= 0.3 is 0 Å². The van der Waals surface area contributed by atoms with E-state index in [1.54, 1.807) is 14.2 Å². The van der Waals surface area contributed by atoms with Gasteiger partial charge in [0, 0.05) is 6.61 Å². The number of benzene rings is 2. The first-order valence-electron chi connectivity index (χ1n) is 8.62. The van der Waals surface area contributed by atoms with Crippen LogP contribution in [0.4, 0.5) is 0 Å². The van der Waals surface area contributed by atoms with Gasteiger partial charge in [0.05, 0.1) is 14.2 Å². The van der Waals surface area contributed by atoms with Crippen molar-refractivity contribution in [2.75, 3.05) is 20.8 Å². The minimum absolute atomic E-state index is 0.291. The lowest BCUT2D eigenvalue weighted by molar-refractivity contribution is 0.340. The third kappa shape index (κ3) is 5.93. The lowest BCUT2D eigenvalue weighted by Crippen LogP contribution is -2.19. The average Bonchev–Trinajstić information content (AvgIpc) is 2.65. The molecule has 0 unspecified atom stereocenters. The molecule has 0 aliphatic carbocycles. The summed E-state index contributed by atoms with van der Waals surface area (Å²) in [5, 5.41) is 0. The Bertz CT molecular complexity index is 529. The summed E-state index contributed by atoms with van der Waals surface area (Å²) in [6, 6.07) is 16.6. The fourth-order valence-corrected chi connectivity index (χ4v) is 2.79. The van der Waals surface area contributed by atoms with Crippen molar-refractivity contribution in [3.05, 3.63) is 59.7 Å². The lowest BCUT2D eigenvalue weighted by atomic mass is 9.59. The highest BCUT2D eigenvalue weighted by molar-refractivity contribution is 6.51. The van der Waals surface area contributed by atoms with Crippen LogP contribution in [0.25, 0.3) is 0 Å². The Kier molecular flexibility index (Phi) is 7.70. The predicted molar refractivity (Wildman–Crippen MR) is 100 cm³/mol. The summed E-state index contributed by atoms with van der Waals surface area (Å²) < 4.78 is 16.3. The van der Waals surface area contributed by atoms with Crippen molar-refractivity contribution in [1.29, 1.82) is 0 Å². The van der Waals surface area contributed by atoms with E-state index in [4.69, 9.17) is 14.1 Å². The lowest BCUT2D eigenvalue weighted by Gasteiger charge is -2.14. The largest absolute Gasteiger partial charge is 0.497 e. The van der Waals surface area contributed by atoms with Gasteiger partial charge in [-0.25, -0.2) is 0 Å². The highest BCUT2D eigenvalue weighted by Gasteiger charge is 2.15. The molecule has 128 valence electrons. The first kappa shape index (κ1) is 18.4. The van der Waals surface area contributed by atoms with E-state index in [0.717, 1.165) is 43.6 Å². The van der Waals surface area contributed by atoms with E-state index in [-0.39, 0.29) is 0 Å². The van der Waals surface area contributed by atoms with Crippen molar-refractivity contribution in [2.24, 2.45) is 0 Å². The minimum Gasteiger partial charge on any atom is -0.497 e.